The Hall–Kier alpha value is -3.93. The maximum Gasteiger partial charge on any atom is 0.352 e. The average molecular weight is 374 g/mol. The monoisotopic (exact) mass is 374 g/mol. The molecule has 0 saturated carbocycles. The Kier molecular flexibility index (Phi) is 6.15. The fraction of sp³-hybridized carbons (Fsp3) is 0.0455. The molecule has 0 atom stereocenters. The van der Waals surface area contributed by atoms with Crippen LogP contribution in [0.3, 0.4) is 0 Å². The van der Waals surface area contributed by atoms with Gasteiger partial charge in [-0.15, -0.1) is 0 Å². The number of aliphatic carboxylic acids is 1. The Morgan fingerprint density at radius 1 is 1.00 bits per heavy atom. The van der Waals surface area contributed by atoms with Crippen LogP contribution in [-0.4, -0.2) is 22.0 Å². The average Bonchev–Trinajstić information content (AvgIpc) is 2.74. The fourth-order valence-electron chi connectivity index (χ4n) is 2.41. The topological polar surface area (TPSA) is 88.5 Å². The summed E-state index contributed by atoms with van der Waals surface area (Å²) in [5.41, 5.74) is 1.74. The van der Waals surface area contributed by atoms with Gasteiger partial charge in [0.05, 0.1) is 0 Å². The summed E-state index contributed by atoms with van der Waals surface area (Å²) in [4.78, 5) is 27.7. The highest BCUT2D eigenvalue weighted by Gasteiger charge is 2.13. The molecule has 3 aromatic rings. The van der Waals surface area contributed by atoms with E-state index >= 15 is 0 Å². The second-order valence-corrected chi connectivity index (χ2v) is 5.90. The zero-order valence-electron chi connectivity index (χ0n) is 14.9. The number of ether oxygens (including phenoxy) is 1. The molecule has 0 fully saturated rings. The Bertz CT molecular complexity index is 968. The Morgan fingerprint density at radius 2 is 1.75 bits per heavy atom. The number of aromatic nitrogens is 1. The quantitative estimate of drug-likeness (QED) is 0.618. The maximum atomic E-state index is 12.2. The number of benzene rings is 2. The van der Waals surface area contributed by atoms with Crippen LogP contribution in [0.5, 0.6) is 5.75 Å². The summed E-state index contributed by atoms with van der Waals surface area (Å²) in [7, 11) is 0. The molecule has 1 heterocycles. The SMILES string of the molecule is O=C(O)/C(=C/c1ccc(OCc2cccnc2)cc1)NC(=O)c1ccccc1. The van der Waals surface area contributed by atoms with Gasteiger partial charge in [0.2, 0.25) is 0 Å². The molecule has 2 aromatic carbocycles. The lowest BCUT2D eigenvalue weighted by Gasteiger charge is -2.08. The summed E-state index contributed by atoms with van der Waals surface area (Å²) in [6.07, 6.45) is 4.82. The number of carboxylic acids is 1. The number of hydrogen-bond acceptors (Lipinski definition) is 4. The van der Waals surface area contributed by atoms with Gasteiger partial charge in [-0.05, 0) is 42.0 Å². The van der Waals surface area contributed by atoms with Gasteiger partial charge in [-0.2, -0.15) is 0 Å². The van der Waals surface area contributed by atoms with E-state index in [1.165, 1.54) is 6.08 Å². The van der Waals surface area contributed by atoms with Gasteiger partial charge in [0, 0.05) is 23.5 Å². The highest BCUT2D eigenvalue weighted by molar-refractivity contribution is 6.02. The van der Waals surface area contributed by atoms with Crippen molar-refractivity contribution in [2.45, 2.75) is 6.61 Å². The van der Waals surface area contributed by atoms with Crippen LogP contribution < -0.4 is 10.1 Å². The molecule has 1 aromatic heterocycles. The molecular formula is C22H18N2O4. The number of carboxylic acid groups (broad SMARTS) is 1. The first-order valence-electron chi connectivity index (χ1n) is 8.55. The molecule has 0 bridgehead atoms. The van der Waals surface area contributed by atoms with Gasteiger partial charge in [0.15, 0.2) is 0 Å². The normalized spacial score (nSPS) is 10.9. The van der Waals surface area contributed by atoms with Gasteiger partial charge in [-0.3, -0.25) is 9.78 Å². The summed E-state index contributed by atoms with van der Waals surface area (Å²) in [6.45, 7) is 0.385. The number of nitrogens with zero attached hydrogens (tertiary/aromatic N) is 1. The smallest absolute Gasteiger partial charge is 0.352 e. The number of pyridine rings is 1. The molecule has 3 rings (SSSR count). The Morgan fingerprint density at radius 3 is 2.39 bits per heavy atom. The number of carbonyl (C=O) groups is 2. The van der Waals surface area contributed by atoms with Crippen molar-refractivity contribution in [2.24, 2.45) is 0 Å². The fourth-order valence-corrected chi connectivity index (χ4v) is 2.41. The summed E-state index contributed by atoms with van der Waals surface area (Å²) >= 11 is 0. The molecule has 0 spiro atoms. The molecule has 140 valence electrons. The second kappa shape index (κ2) is 9.14. The van der Waals surface area contributed by atoms with E-state index in [1.807, 2.05) is 12.1 Å². The van der Waals surface area contributed by atoms with Crippen LogP contribution in [0.15, 0.2) is 84.8 Å². The van der Waals surface area contributed by atoms with E-state index in [2.05, 4.69) is 10.3 Å². The van der Waals surface area contributed by atoms with Crippen LogP contribution in [0.2, 0.25) is 0 Å². The van der Waals surface area contributed by atoms with E-state index < -0.39 is 11.9 Å². The summed E-state index contributed by atoms with van der Waals surface area (Å²) in [5.74, 6) is -1.06. The Labute approximate surface area is 162 Å². The predicted octanol–water partition coefficient (Wildman–Crippen LogP) is 3.52. The molecule has 1 amide bonds. The highest BCUT2D eigenvalue weighted by atomic mass is 16.5. The van der Waals surface area contributed by atoms with E-state index in [1.54, 1.807) is 67.0 Å². The van der Waals surface area contributed by atoms with Gasteiger partial charge >= 0.3 is 5.97 Å². The lowest BCUT2D eigenvalue weighted by molar-refractivity contribution is -0.132. The minimum Gasteiger partial charge on any atom is -0.489 e. The minimum absolute atomic E-state index is 0.210. The molecule has 28 heavy (non-hydrogen) atoms. The number of rotatable bonds is 7. The second-order valence-electron chi connectivity index (χ2n) is 5.90. The third-order valence-electron chi connectivity index (χ3n) is 3.83. The molecule has 0 aliphatic heterocycles. The van der Waals surface area contributed by atoms with Crippen LogP contribution in [0.4, 0.5) is 0 Å². The van der Waals surface area contributed by atoms with Gasteiger partial charge in [0.25, 0.3) is 5.91 Å². The van der Waals surface area contributed by atoms with Crippen LogP contribution in [0.1, 0.15) is 21.5 Å². The first-order chi connectivity index (χ1) is 13.6. The zero-order chi connectivity index (χ0) is 19.8. The maximum absolute atomic E-state index is 12.2. The van der Waals surface area contributed by atoms with Crippen LogP contribution >= 0.6 is 0 Å². The molecule has 0 saturated heterocycles. The first kappa shape index (κ1) is 18.8. The zero-order valence-corrected chi connectivity index (χ0v) is 14.9. The standard InChI is InChI=1S/C22H18N2O4/c25-21(18-6-2-1-3-7-18)24-20(22(26)27)13-16-8-10-19(11-9-16)28-15-17-5-4-12-23-14-17/h1-14H,15H2,(H,24,25)(H,26,27)/b20-13-. The van der Waals surface area contributed by atoms with Crippen LogP contribution in [0.25, 0.3) is 6.08 Å². The summed E-state index contributed by atoms with van der Waals surface area (Å²) in [5, 5.41) is 11.8. The third-order valence-corrected chi connectivity index (χ3v) is 3.83. The van der Waals surface area contributed by atoms with Crippen molar-refractivity contribution in [1.82, 2.24) is 10.3 Å². The van der Waals surface area contributed by atoms with E-state index in [4.69, 9.17) is 4.74 Å². The van der Waals surface area contributed by atoms with Crippen molar-refractivity contribution in [3.05, 3.63) is 102 Å². The van der Waals surface area contributed by atoms with Crippen molar-refractivity contribution in [1.29, 1.82) is 0 Å². The van der Waals surface area contributed by atoms with E-state index in [0.29, 0.717) is 23.5 Å². The van der Waals surface area contributed by atoms with E-state index in [0.717, 1.165) is 5.56 Å². The largest absolute Gasteiger partial charge is 0.489 e. The molecule has 0 aliphatic rings. The lowest BCUT2D eigenvalue weighted by atomic mass is 10.1. The summed E-state index contributed by atoms with van der Waals surface area (Å²) < 4.78 is 5.68. The van der Waals surface area contributed by atoms with Crippen molar-refractivity contribution in [3.8, 4) is 5.75 Å². The molecule has 6 nitrogen and oxygen atoms in total. The van der Waals surface area contributed by atoms with Gasteiger partial charge in [-0.1, -0.05) is 36.4 Å². The number of amides is 1. The van der Waals surface area contributed by atoms with Crippen molar-refractivity contribution < 1.29 is 19.4 Å². The molecule has 6 heteroatoms. The molecule has 0 aliphatic carbocycles. The summed E-state index contributed by atoms with van der Waals surface area (Å²) in [6, 6.07) is 19.1. The molecule has 2 N–H and O–H groups in total. The predicted molar refractivity (Wildman–Crippen MR) is 105 cm³/mol. The first-order valence-corrected chi connectivity index (χ1v) is 8.55. The van der Waals surface area contributed by atoms with Gasteiger partial charge in [-0.25, -0.2) is 4.79 Å². The van der Waals surface area contributed by atoms with Crippen molar-refractivity contribution in [3.63, 3.8) is 0 Å². The Balaban J connectivity index is 1.67. The van der Waals surface area contributed by atoms with E-state index in [9.17, 15) is 14.7 Å². The van der Waals surface area contributed by atoms with Gasteiger partial charge in [0.1, 0.15) is 18.1 Å². The van der Waals surface area contributed by atoms with Gasteiger partial charge < -0.3 is 15.2 Å². The number of nitrogens with one attached hydrogen (secondary N) is 1. The molecular weight excluding hydrogens is 356 g/mol. The molecule has 0 unspecified atom stereocenters. The van der Waals surface area contributed by atoms with Crippen molar-refractivity contribution >= 4 is 18.0 Å². The van der Waals surface area contributed by atoms with Crippen LogP contribution in [0, 0.1) is 0 Å². The number of carbonyl (C=O) groups excluding carboxylic acids is 1. The van der Waals surface area contributed by atoms with Crippen molar-refractivity contribution in [2.75, 3.05) is 0 Å². The van der Waals surface area contributed by atoms with Crippen LogP contribution in [-0.2, 0) is 11.4 Å². The lowest BCUT2D eigenvalue weighted by Crippen LogP contribution is -2.27. The van der Waals surface area contributed by atoms with E-state index in [-0.39, 0.29) is 5.70 Å². The highest BCUT2D eigenvalue weighted by Crippen LogP contribution is 2.16. The number of hydrogen-bond donors (Lipinski definition) is 2. The minimum atomic E-state index is -1.22. The third kappa shape index (κ3) is 5.28. The molecule has 0 radical (unpaired) electrons.